The number of anilines is 3. The summed E-state index contributed by atoms with van der Waals surface area (Å²) in [5, 5.41) is 12.6. The molecule has 0 atom stereocenters. The van der Waals surface area contributed by atoms with Gasteiger partial charge in [-0.05, 0) is 49.4 Å². The van der Waals surface area contributed by atoms with Crippen LogP contribution in [-0.4, -0.2) is 50.3 Å². The number of carbonyl (C=O) groups is 2. The third kappa shape index (κ3) is 5.09. The molecule has 33 heavy (non-hydrogen) atoms. The number of nitrogens with zero attached hydrogens (tertiary/aromatic N) is 2. The van der Waals surface area contributed by atoms with E-state index in [4.69, 9.17) is 4.74 Å². The average Bonchev–Trinajstić information content (AvgIpc) is 2.84. The first-order chi connectivity index (χ1) is 15.9. The Morgan fingerprint density at radius 1 is 0.909 bits per heavy atom. The third-order valence-corrected chi connectivity index (χ3v) is 5.80. The van der Waals surface area contributed by atoms with Gasteiger partial charge in [-0.2, -0.15) is 0 Å². The highest BCUT2D eigenvalue weighted by molar-refractivity contribution is 6.05. The molecule has 4 rings (SSSR count). The first-order valence-corrected chi connectivity index (χ1v) is 10.8. The molecule has 1 amide bonds. The molecule has 1 saturated heterocycles. The maximum absolute atomic E-state index is 12.6. The summed E-state index contributed by atoms with van der Waals surface area (Å²) in [7, 11) is 1.65. The lowest BCUT2D eigenvalue weighted by atomic mass is 10.1. The van der Waals surface area contributed by atoms with Gasteiger partial charge in [0.15, 0.2) is 0 Å². The second-order valence-electron chi connectivity index (χ2n) is 8.04. The van der Waals surface area contributed by atoms with Gasteiger partial charge >= 0.3 is 5.97 Å². The van der Waals surface area contributed by atoms with Crippen LogP contribution in [0.3, 0.4) is 0 Å². The van der Waals surface area contributed by atoms with Gasteiger partial charge in [0.25, 0.3) is 5.91 Å². The van der Waals surface area contributed by atoms with Crippen molar-refractivity contribution < 1.29 is 19.4 Å². The minimum absolute atomic E-state index is 0.173. The average molecular weight is 446 g/mol. The topological polar surface area (TPSA) is 82.1 Å². The van der Waals surface area contributed by atoms with Gasteiger partial charge in [-0.1, -0.05) is 23.8 Å². The van der Waals surface area contributed by atoms with E-state index < -0.39 is 5.97 Å². The van der Waals surface area contributed by atoms with Crippen LogP contribution in [-0.2, 0) is 0 Å². The van der Waals surface area contributed by atoms with Crippen molar-refractivity contribution in [2.45, 2.75) is 6.92 Å². The van der Waals surface area contributed by atoms with E-state index in [0.29, 0.717) is 30.0 Å². The van der Waals surface area contributed by atoms with Gasteiger partial charge in [-0.3, -0.25) is 4.79 Å². The van der Waals surface area contributed by atoms with Crippen LogP contribution in [0.15, 0.2) is 66.7 Å². The first-order valence-electron chi connectivity index (χ1n) is 10.8. The largest absolute Gasteiger partial charge is 0.497 e. The van der Waals surface area contributed by atoms with Crippen LogP contribution >= 0.6 is 0 Å². The van der Waals surface area contributed by atoms with Crippen LogP contribution in [0.2, 0.25) is 0 Å². The van der Waals surface area contributed by atoms with Gasteiger partial charge < -0.3 is 25.0 Å². The zero-order chi connectivity index (χ0) is 23.4. The van der Waals surface area contributed by atoms with Crippen molar-refractivity contribution in [3.8, 4) is 5.75 Å². The molecule has 0 spiro atoms. The van der Waals surface area contributed by atoms with E-state index in [2.05, 4.69) is 15.1 Å². The summed E-state index contributed by atoms with van der Waals surface area (Å²) in [4.78, 5) is 28.9. The predicted molar refractivity (Wildman–Crippen MR) is 130 cm³/mol. The number of hydrogen-bond acceptors (Lipinski definition) is 5. The minimum atomic E-state index is -1.02. The summed E-state index contributed by atoms with van der Waals surface area (Å²) >= 11 is 0. The van der Waals surface area contributed by atoms with Crippen LogP contribution < -0.4 is 19.9 Å². The Bertz CT molecular complexity index is 1170. The number of amides is 1. The molecule has 0 saturated carbocycles. The molecule has 1 aliphatic heterocycles. The van der Waals surface area contributed by atoms with E-state index in [9.17, 15) is 14.7 Å². The fourth-order valence-electron chi connectivity index (χ4n) is 4.06. The van der Waals surface area contributed by atoms with Crippen LogP contribution in [0.5, 0.6) is 5.75 Å². The number of carboxylic acid groups (broad SMARTS) is 1. The van der Waals surface area contributed by atoms with Crippen LogP contribution in [0.4, 0.5) is 17.1 Å². The van der Waals surface area contributed by atoms with E-state index >= 15 is 0 Å². The summed E-state index contributed by atoms with van der Waals surface area (Å²) in [6, 6.07) is 20.3. The van der Waals surface area contributed by atoms with Crippen molar-refractivity contribution in [1.82, 2.24) is 0 Å². The maximum atomic E-state index is 12.6. The number of ether oxygens (including phenoxy) is 1. The molecule has 3 aromatic carbocycles. The Morgan fingerprint density at radius 3 is 2.33 bits per heavy atom. The van der Waals surface area contributed by atoms with E-state index in [1.165, 1.54) is 6.07 Å². The zero-order valence-electron chi connectivity index (χ0n) is 18.7. The highest BCUT2D eigenvalue weighted by atomic mass is 16.5. The lowest BCUT2D eigenvalue weighted by Gasteiger charge is -2.38. The van der Waals surface area contributed by atoms with Gasteiger partial charge in [-0.25, -0.2) is 4.79 Å². The summed E-state index contributed by atoms with van der Waals surface area (Å²) in [6.45, 7) is 4.82. The van der Waals surface area contributed by atoms with E-state index in [-0.39, 0.29) is 11.5 Å². The van der Waals surface area contributed by atoms with Crippen molar-refractivity contribution in [3.05, 3.63) is 83.4 Å². The predicted octanol–water partition coefficient (Wildman–Crippen LogP) is 4.28. The molecule has 3 aromatic rings. The SMILES string of the molecule is COc1cccc(N2CCN(c3ccc(NC(=O)c4cccc(C)c4)cc3C(=O)O)CC2)c1. The smallest absolute Gasteiger partial charge is 0.337 e. The molecule has 170 valence electrons. The lowest BCUT2D eigenvalue weighted by molar-refractivity contribution is 0.0697. The van der Waals surface area contributed by atoms with E-state index in [1.54, 1.807) is 31.4 Å². The number of hydrogen-bond donors (Lipinski definition) is 2. The highest BCUT2D eigenvalue weighted by Crippen LogP contribution is 2.28. The number of methoxy groups -OCH3 is 1. The van der Waals surface area contributed by atoms with Crippen molar-refractivity contribution in [2.75, 3.05) is 48.4 Å². The summed E-state index contributed by atoms with van der Waals surface area (Å²) in [5.74, 6) is -0.479. The maximum Gasteiger partial charge on any atom is 0.337 e. The van der Waals surface area contributed by atoms with Crippen LogP contribution in [0.1, 0.15) is 26.3 Å². The molecule has 0 radical (unpaired) electrons. The summed E-state index contributed by atoms with van der Waals surface area (Å²) in [6.07, 6.45) is 0. The van der Waals surface area contributed by atoms with Gasteiger partial charge in [0.1, 0.15) is 5.75 Å². The molecule has 0 aliphatic carbocycles. The first kappa shape index (κ1) is 22.2. The zero-order valence-corrected chi connectivity index (χ0v) is 18.7. The number of carboxylic acids is 1. The number of nitrogens with one attached hydrogen (secondary N) is 1. The summed E-state index contributed by atoms with van der Waals surface area (Å²) < 4.78 is 5.32. The number of aromatic carboxylic acids is 1. The van der Waals surface area contributed by atoms with Crippen LogP contribution in [0.25, 0.3) is 0 Å². The second kappa shape index (κ2) is 9.65. The molecule has 7 heteroatoms. The van der Waals surface area contributed by atoms with Crippen molar-refractivity contribution in [1.29, 1.82) is 0 Å². The molecule has 2 N–H and O–H groups in total. The standard InChI is InChI=1S/C26H27N3O4/c1-18-5-3-6-19(15-18)25(30)27-20-9-10-24(23(16-20)26(31)32)29-13-11-28(12-14-29)21-7-4-8-22(17-21)33-2/h3-10,15-17H,11-14H2,1-2H3,(H,27,30)(H,31,32). The number of rotatable bonds is 6. The Kier molecular flexibility index (Phi) is 6.49. The normalized spacial score (nSPS) is 13.5. The Hall–Kier alpha value is -4.00. The van der Waals surface area contributed by atoms with Gasteiger partial charge in [-0.15, -0.1) is 0 Å². The van der Waals surface area contributed by atoms with Gasteiger partial charge in [0.2, 0.25) is 0 Å². The van der Waals surface area contributed by atoms with Gasteiger partial charge in [0.05, 0.1) is 18.4 Å². The van der Waals surface area contributed by atoms with Crippen molar-refractivity contribution in [3.63, 3.8) is 0 Å². The van der Waals surface area contributed by atoms with E-state index in [1.807, 2.05) is 43.3 Å². The number of piperazine rings is 1. The number of benzene rings is 3. The quantitative estimate of drug-likeness (QED) is 0.589. The highest BCUT2D eigenvalue weighted by Gasteiger charge is 2.22. The van der Waals surface area contributed by atoms with Gasteiger partial charge in [0, 0.05) is 49.2 Å². The Balaban J connectivity index is 1.48. The minimum Gasteiger partial charge on any atom is -0.497 e. The third-order valence-electron chi connectivity index (χ3n) is 5.80. The van der Waals surface area contributed by atoms with Crippen molar-refractivity contribution in [2.24, 2.45) is 0 Å². The molecule has 1 aliphatic rings. The molecule has 0 unspecified atom stereocenters. The molecular formula is C26H27N3O4. The number of carbonyl (C=O) groups excluding carboxylic acids is 1. The Morgan fingerprint density at radius 2 is 1.64 bits per heavy atom. The monoisotopic (exact) mass is 445 g/mol. The molecule has 1 fully saturated rings. The van der Waals surface area contributed by atoms with E-state index in [0.717, 1.165) is 30.1 Å². The van der Waals surface area contributed by atoms with Crippen molar-refractivity contribution >= 4 is 28.9 Å². The molecular weight excluding hydrogens is 418 g/mol. The molecule has 0 bridgehead atoms. The fraction of sp³-hybridized carbons (Fsp3) is 0.231. The summed E-state index contributed by atoms with van der Waals surface area (Å²) in [5.41, 5.74) is 3.88. The molecule has 0 aromatic heterocycles. The van der Waals surface area contributed by atoms with Crippen LogP contribution in [0, 0.1) is 6.92 Å². The lowest BCUT2D eigenvalue weighted by Crippen LogP contribution is -2.47. The molecule has 7 nitrogen and oxygen atoms in total. The number of aryl methyl sites for hydroxylation is 1. The molecule has 1 heterocycles. The Labute approximate surface area is 193 Å². The second-order valence-corrected chi connectivity index (χ2v) is 8.04. The fourth-order valence-corrected chi connectivity index (χ4v) is 4.06.